The van der Waals surface area contributed by atoms with E-state index in [1.54, 1.807) is 12.1 Å². The largest absolute Gasteiger partial charge is 0.397 e. The van der Waals surface area contributed by atoms with Crippen molar-refractivity contribution in [3.05, 3.63) is 18.3 Å². The van der Waals surface area contributed by atoms with Crippen molar-refractivity contribution in [2.75, 3.05) is 37.4 Å². The van der Waals surface area contributed by atoms with Crippen molar-refractivity contribution in [2.45, 2.75) is 0 Å². The standard InChI is InChI=1S/C9H16N4O2S/c1-13(2)16(14,15)6-5-11-9-4-3-8(10)7-12-9/h3-4,7H,5-6,10H2,1-2H3,(H,11,12). The maximum atomic E-state index is 11.4. The van der Waals surface area contributed by atoms with Crippen LogP contribution in [0.1, 0.15) is 0 Å². The van der Waals surface area contributed by atoms with Crippen molar-refractivity contribution in [1.29, 1.82) is 0 Å². The molecule has 0 saturated carbocycles. The quantitative estimate of drug-likeness (QED) is 0.759. The van der Waals surface area contributed by atoms with E-state index < -0.39 is 10.0 Å². The fraction of sp³-hybridized carbons (Fsp3) is 0.444. The third-order valence-corrected chi connectivity index (χ3v) is 3.84. The lowest BCUT2D eigenvalue weighted by Gasteiger charge is -2.11. The molecule has 0 aliphatic heterocycles. The highest BCUT2D eigenvalue weighted by Crippen LogP contribution is 2.05. The van der Waals surface area contributed by atoms with E-state index in [1.807, 2.05) is 0 Å². The lowest BCUT2D eigenvalue weighted by molar-refractivity contribution is 0.521. The monoisotopic (exact) mass is 244 g/mol. The van der Waals surface area contributed by atoms with Crippen LogP contribution in [-0.4, -0.2) is 44.1 Å². The number of nitrogens with two attached hydrogens (primary N) is 1. The van der Waals surface area contributed by atoms with Gasteiger partial charge in [0.05, 0.1) is 17.6 Å². The van der Waals surface area contributed by atoms with E-state index >= 15 is 0 Å². The Bertz CT molecular complexity index is 427. The SMILES string of the molecule is CN(C)S(=O)(=O)CCNc1ccc(N)cn1. The summed E-state index contributed by atoms with van der Waals surface area (Å²) >= 11 is 0. The Labute approximate surface area is 95.5 Å². The number of nitrogens with zero attached hydrogens (tertiary/aromatic N) is 2. The summed E-state index contributed by atoms with van der Waals surface area (Å²) in [6.45, 7) is 0.317. The molecule has 3 N–H and O–H groups in total. The van der Waals surface area contributed by atoms with Crippen molar-refractivity contribution in [2.24, 2.45) is 0 Å². The zero-order valence-electron chi connectivity index (χ0n) is 9.34. The van der Waals surface area contributed by atoms with Gasteiger partial charge >= 0.3 is 0 Å². The molecule has 0 radical (unpaired) electrons. The average Bonchev–Trinajstić information content (AvgIpc) is 2.20. The molecule has 0 unspecified atom stereocenters. The number of pyridine rings is 1. The van der Waals surface area contributed by atoms with Gasteiger partial charge in [-0.1, -0.05) is 0 Å². The molecule has 90 valence electrons. The topological polar surface area (TPSA) is 88.3 Å². The van der Waals surface area contributed by atoms with Crippen molar-refractivity contribution < 1.29 is 8.42 Å². The Morgan fingerprint density at radius 3 is 2.62 bits per heavy atom. The minimum absolute atomic E-state index is 0.0338. The molecule has 0 aliphatic rings. The second-order valence-corrected chi connectivity index (χ2v) is 5.80. The maximum Gasteiger partial charge on any atom is 0.215 e. The highest BCUT2D eigenvalue weighted by Gasteiger charge is 2.12. The van der Waals surface area contributed by atoms with Gasteiger partial charge in [0.2, 0.25) is 10.0 Å². The fourth-order valence-electron chi connectivity index (χ4n) is 1.00. The molecule has 7 heteroatoms. The lowest BCUT2D eigenvalue weighted by Crippen LogP contribution is -2.28. The van der Waals surface area contributed by atoms with Crippen LogP contribution in [0, 0.1) is 0 Å². The highest BCUT2D eigenvalue weighted by atomic mass is 32.2. The maximum absolute atomic E-state index is 11.4. The molecule has 0 aliphatic carbocycles. The van der Waals surface area contributed by atoms with E-state index in [1.165, 1.54) is 24.6 Å². The first-order valence-electron chi connectivity index (χ1n) is 4.77. The summed E-state index contributed by atoms with van der Waals surface area (Å²) in [6, 6.07) is 3.41. The third-order valence-electron chi connectivity index (χ3n) is 2.01. The second-order valence-electron chi connectivity index (χ2n) is 3.50. The molecule has 0 bridgehead atoms. The van der Waals surface area contributed by atoms with Crippen molar-refractivity contribution >= 4 is 21.5 Å². The normalized spacial score (nSPS) is 11.7. The molecule has 16 heavy (non-hydrogen) atoms. The van der Waals surface area contributed by atoms with E-state index in [2.05, 4.69) is 10.3 Å². The van der Waals surface area contributed by atoms with Crippen LogP contribution in [-0.2, 0) is 10.0 Å². The van der Waals surface area contributed by atoms with Crippen LogP contribution >= 0.6 is 0 Å². The number of nitrogen functional groups attached to an aromatic ring is 1. The molecular formula is C9H16N4O2S. The first kappa shape index (κ1) is 12.7. The predicted molar refractivity (Wildman–Crippen MR) is 64.6 cm³/mol. The van der Waals surface area contributed by atoms with Gasteiger partial charge < -0.3 is 11.1 Å². The van der Waals surface area contributed by atoms with Gasteiger partial charge in [-0.15, -0.1) is 0 Å². The first-order valence-corrected chi connectivity index (χ1v) is 6.38. The summed E-state index contributed by atoms with van der Waals surface area (Å²) in [7, 11) is -0.137. The fourth-order valence-corrected chi connectivity index (χ4v) is 1.73. The number of sulfonamides is 1. The van der Waals surface area contributed by atoms with E-state index in [0.717, 1.165) is 0 Å². The number of hydrogen-bond donors (Lipinski definition) is 2. The summed E-state index contributed by atoms with van der Waals surface area (Å²) < 4.78 is 24.0. The van der Waals surface area contributed by atoms with Gasteiger partial charge in [-0.05, 0) is 12.1 Å². The molecule has 0 spiro atoms. The molecular weight excluding hydrogens is 228 g/mol. The molecule has 1 aromatic heterocycles. The molecule has 0 aromatic carbocycles. The van der Waals surface area contributed by atoms with E-state index in [4.69, 9.17) is 5.73 Å². The van der Waals surface area contributed by atoms with Crippen LogP contribution in [0.25, 0.3) is 0 Å². The van der Waals surface area contributed by atoms with Crippen LogP contribution < -0.4 is 11.1 Å². The summed E-state index contributed by atoms with van der Waals surface area (Å²) in [4.78, 5) is 4.00. The van der Waals surface area contributed by atoms with Crippen molar-refractivity contribution in [1.82, 2.24) is 9.29 Å². The van der Waals surface area contributed by atoms with E-state index in [0.29, 0.717) is 18.1 Å². The smallest absolute Gasteiger partial charge is 0.215 e. The Kier molecular flexibility index (Phi) is 4.08. The van der Waals surface area contributed by atoms with Gasteiger partial charge in [0.25, 0.3) is 0 Å². The third kappa shape index (κ3) is 3.67. The van der Waals surface area contributed by atoms with Crippen LogP contribution in [0.4, 0.5) is 11.5 Å². The molecule has 0 fully saturated rings. The zero-order valence-corrected chi connectivity index (χ0v) is 10.2. The summed E-state index contributed by atoms with van der Waals surface area (Å²) in [5.74, 6) is 0.648. The number of anilines is 2. The summed E-state index contributed by atoms with van der Waals surface area (Å²) in [5, 5.41) is 2.91. The van der Waals surface area contributed by atoms with Gasteiger partial charge in [-0.2, -0.15) is 0 Å². The highest BCUT2D eigenvalue weighted by molar-refractivity contribution is 7.89. The molecule has 0 saturated heterocycles. The Balaban J connectivity index is 2.45. The van der Waals surface area contributed by atoms with Gasteiger partial charge in [-0.3, -0.25) is 0 Å². The van der Waals surface area contributed by atoms with Gasteiger partial charge in [-0.25, -0.2) is 17.7 Å². The molecule has 0 amide bonds. The Hall–Kier alpha value is -1.34. The number of hydrogen-bond acceptors (Lipinski definition) is 5. The first-order chi connectivity index (χ1) is 7.42. The van der Waals surface area contributed by atoms with Crippen molar-refractivity contribution in [3.63, 3.8) is 0 Å². The Morgan fingerprint density at radius 1 is 1.44 bits per heavy atom. The van der Waals surface area contributed by atoms with Crippen LogP contribution in [0.5, 0.6) is 0 Å². The summed E-state index contributed by atoms with van der Waals surface area (Å²) in [6.07, 6.45) is 1.52. The lowest BCUT2D eigenvalue weighted by atomic mass is 10.4. The van der Waals surface area contributed by atoms with E-state index in [-0.39, 0.29) is 5.75 Å². The van der Waals surface area contributed by atoms with Gasteiger partial charge in [0, 0.05) is 20.6 Å². The van der Waals surface area contributed by atoms with Crippen LogP contribution in [0.15, 0.2) is 18.3 Å². The number of aromatic nitrogens is 1. The molecule has 6 nitrogen and oxygen atoms in total. The molecule has 1 aromatic rings. The second kappa shape index (κ2) is 5.13. The average molecular weight is 244 g/mol. The Morgan fingerprint density at radius 2 is 2.12 bits per heavy atom. The number of rotatable bonds is 5. The minimum atomic E-state index is -3.16. The molecule has 1 rings (SSSR count). The predicted octanol–water partition coefficient (Wildman–Crippen LogP) is -0.0329. The molecule has 0 atom stereocenters. The van der Waals surface area contributed by atoms with Crippen LogP contribution in [0.3, 0.4) is 0 Å². The zero-order chi connectivity index (χ0) is 12.2. The molecule has 1 heterocycles. The van der Waals surface area contributed by atoms with Gasteiger partial charge in [0.15, 0.2) is 0 Å². The summed E-state index contributed by atoms with van der Waals surface area (Å²) in [5.41, 5.74) is 6.05. The van der Waals surface area contributed by atoms with Crippen molar-refractivity contribution in [3.8, 4) is 0 Å². The van der Waals surface area contributed by atoms with E-state index in [9.17, 15) is 8.42 Å². The van der Waals surface area contributed by atoms with Gasteiger partial charge in [0.1, 0.15) is 5.82 Å². The number of nitrogens with one attached hydrogen (secondary N) is 1. The van der Waals surface area contributed by atoms with Crippen LogP contribution in [0.2, 0.25) is 0 Å². The minimum Gasteiger partial charge on any atom is -0.397 e.